The minimum Gasteiger partial charge on any atom is -0.397 e. The number of hydrogen-bond acceptors (Lipinski definition) is 4. The molecular weight excluding hydrogens is 299 g/mol. The van der Waals surface area contributed by atoms with E-state index in [0.29, 0.717) is 5.69 Å². The maximum absolute atomic E-state index is 13.6. The number of nitrogens with one attached hydrogen (secondary N) is 1. The molecular formula is C12H8BrFN4. The number of pyridine rings is 1. The highest BCUT2D eigenvalue weighted by Gasteiger charge is 2.08. The summed E-state index contributed by atoms with van der Waals surface area (Å²) in [5.41, 5.74) is 6.40. The lowest BCUT2D eigenvalue weighted by Crippen LogP contribution is -2.00. The van der Waals surface area contributed by atoms with Crippen LogP contribution in [0.15, 0.2) is 34.9 Å². The van der Waals surface area contributed by atoms with Gasteiger partial charge in [0, 0.05) is 4.47 Å². The van der Waals surface area contributed by atoms with Crippen molar-refractivity contribution in [3.8, 4) is 6.07 Å². The highest BCUT2D eigenvalue weighted by atomic mass is 79.9. The second-order valence-electron chi connectivity index (χ2n) is 3.53. The molecule has 0 unspecified atom stereocenters. The summed E-state index contributed by atoms with van der Waals surface area (Å²) in [6.07, 6.45) is 1.40. The number of anilines is 3. The third-order valence-electron chi connectivity index (χ3n) is 2.21. The van der Waals surface area contributed by atoms with Crippen molar-refractivity contribution in [2.24, 2.45) is 0 Å². The first-order valence-electron chi connectivity index (χ1n) is 4.98. The van der Waals surface area contributed by atoms with E-state index in [2.05, 4.69) is 26.2 Å². The number of nitrogens with zero attached hydrogens (tertiary/aromatic N) is 2. The van der Waals surface area contributed by atoms with Crippen LogP contribution in [-0.4, -0.2) is 4.98 Å². The molecule has 0 saturated carbocycles. The van der Waals surface area contributed by atoms with Crippen LogP contribution in [0, 0.1) is 17.1 Å². The third kappa shape index (κ3) is 2.57. The molecule has 0 aliphatic rings. The molecule has 0 aliphatic carbocycles. The number of nitrogen functional groups attached to an aromatic ring is 1. The minimum atomic E-state index is -0.430. The van der Waals surface area contributed by atoms with E-state index in [9.17, 15) is 4.39 Å². The number of benzene rings is 1. The van der Waals surface area contributed by atoms with E-state index in [1.165, 1.54) is 18.3 Å². The lowest BCUT2D eigenvalue weighted by Gasteiger charge is -2.09. The van der Waals surface area contributed by atoms with Crippen LogP contribution < -0.4 is 11.1 Å². The van der Waals surface area contributed by atoms with Crippen LogP contribution in [0.3, 0.4) is 0 Å². The van der Waals surface area contributed by atoms with Crippen molar-refractivity contribution in [2.75, 3.05) is 11.1 Å². The van der Waals surface area contributed by atoms with E-state index in [1.54, 1.807) is 12.1 Å². The molecule has 2 aromatic rings. The third-order valence-corrected chi connectivity index (χ3v) is 2.70. The van der Waals surface area contributed by atoms with Gasteiger partial charge in [0.15, 0.2) is 0 Å². The predicted octanol–water partition coefficient (Wildman–Crippen LogP) is 3.18. The van der Waals surface area contributed by atoms with Gasteiger partial charge in [-0.2, -0.15) is 5.26 Å². The van der Waals surface area contributed by atoms with Gasteiger partial charge in [-0.3, -0.25) is 0 Å². The molecule has 0 fully saturated rings. The summed E-state index contributed by atoms with van der Waals surface area (Å²) in [5, 5.41) is 11.7. The molecule has 0 amide bonds. The van der Waals surface area contributed by atoms with Crippen molar-refractivity contribution in [2.45, 2.75) is 0 Å². The zero-order valence-electron chi connectivity index (χ0n) is 9.11. The Balaban J connectivity index is 2.40. The van der Waals surface area contributed by atoms with Crippen LogP contribution >= 0.6 is 15.9 Å². The average molecular weight is 307 g/mol. The van der Waals surface area contributed by atoms with Crippen LogP contribution in [0.4, 0.5) is 21.6 Å². The van der Waals surface area contributed by atoms with Crippen molar-refractivity contribution in [1.29, 1.82) is 5.26 Å². The van der Waals surface area contributed by atoms with Gasteiger partial charge in [0.25, 0.3) is 0 Å². The maximum atomic E-state index is 13.6. The van der Waals surface area contributed by atoms with Crippen LogP contribution in [-0.2, 0) is 0 Å². The Kier molecular flexibility index (Phi) is 3.44. The average Bonchev–Trinajstić information content (AvgIpc) is 2.36. The fourth-order valence-electron chi connectivity index (χ4n) is 1.39. The minimum absolute atomic E-state index is 0.234. The number of aromatic nitrogens is 1. The summed E-state index contributed by atoms with van der Waals surface area (Å²) in [5.74, 6) is -0.163. The first-order valence-corrected chi connectivity index (χ1v) is 5.77. The smallest absolute Gasteiger partial charge is 0.148 e. The van der Waals surface area contributed by atoms with Crippen molar-refractivity contribution in [3.63, 3.8) is 0 Å². The summed E-state index contributed by atoms with van der Waals surface area (Å²) in [4.78, 5) is 3.97. The van der Waals surface area contributed by atoms with Gasteiger partial charge in [-0.05, 0) is 24.3 Å². The van der Waals surface area contributed by atoms with Crippen LogP contribution in [0.1, 0.15) is 5.56 Å². The molecule has 1 aromatic heterocycles. The molecule has 1 aromatic carbocycles. The SMILES string of the molecule is N#Cc1cc(N)cnc1Nc1cc(Br)ccc1F. The Bertz CT molecular complexity index is 636. The maximum Gasteiger partial charge on any atom is 0.148 e. The normalized spacial score (nSPS) is 9.83. The lowest BCUT2D eigenvalue weighted by atomic mass is 10.2. The van der Waals surface area contributed by atoms with E-state index in [1.807, 2.05) is 6.07 Å². The molecule has 0 aliphatic heterocycles. The van der Waals surface area contributed by atoms with Gasteiger partial charge in [-0.15, -0.1) is 0 Å². The van der Waals surface area contributed by atoms with Gasteiger partial charge in [-0.25, -0.2) is 9.37 Å². The van der Waals surface area contributed by atoms with Gasteiger partial charge in [0.05, 0.1) is 23.1 Å². The summed E-state index contributed by atoms with van der Waals surface area (Å²) < 4.78 is 14.3. The quantitative estimate of drug-likeness (QED) is 0.893. The van der Waals surface area contributed by atoms with Crippen LogP contribution in [0.2, 0.25) is 0 Å². The summed E-state index contributed by atoms with van der Waals surface area (Å²) in [6, 6.07) is 7.89. The van der Waals surface area contributed by atoms with Crippen molar-refractivity contribution >= 4 is 33.1 Å². The molecule has 4 nitrogen and oxygen atoms in total. The van der Waals surface area contributed by atoms with Crippen molar-refractivity contribution < 1.29 is 4.39 Å². The topological polar surface area (TPSA) is 74.7 Å². The number of hydrogen-bond donors (Lipinski definition) is 2. The van der Waals surface area contributed by atoms with Gasteiger partial charge >= 0.3 is 0 Å². The predicted molar refractivity (Wildman–Crippen MR) is 70.7 cm³/mol. The van der Waals surface area contributed by atoms with E-state index in [-0.39, 0.29) is 17.1 Å². The number of nitrogens with two attached hydrogens (primary N) is 1. The second-order valence-corrected chi connectivity index (χ2v) is 4.44. The molecule has 3 N–H and O–H groups in total. The van der Waals surface area contributed by atoms with Gasteiger partial charge < -0.3 is 11.1 Å². The van der Waals surface area contributed by atoms with Crippen molar-refractivity contribution in [1.82, 2.24) is 4.98 Å². The number of halogens is 2. The molecule has 6 heteroatoms. The van der Waals surface area contributed by atoms with Crippen LogP contribution in [0.25, 0.3) is 0 Å². The molecule has 90 valence electrons. The standard InChI is InChI=1S/C12H8BrFN4/c13-8-1-2-10(14)11(4-8)18-12-7(5-15)3-9(16)6-17-12/h1-4,6H,16H2,(H,17,18). The van der Waals surface area contributed by atoms with E-state index >= 15 is 0 Å². The van der Waals surface area contributed by atoms with Gasteiger partial charge in [0.1, 0.15) is 17.7 Å². The first kappa shape index (κ1) is 12.3. The largest absolute Gasteiger partial charge is 0.397 e. The van der Waals surface area contributed by atoms with Gasteiger partial charge in [0.2, 0.25) is 0 Å². The molecule has 0 spiro atoms. The van der Waals surface area contributed by atoms with E-state index in [0.717, 1.165) is 4.47 Å². The first-order chi connectivity index (χ1) is 8.60. The zero-order valence-corrected chi connectivity index (χ0v) is 10.7. The fraction of sp³-hybridized carbons (Fsp3) is 0. The Hall–Kier alpha value is -2.13. The Morgan fingerprint density at radius 2 is 2.17 bits per heavy atom. The summed E-state index contributed by atoms with van der Waals surface area (Å²) in [7, 11) is 0. The van der Waals surface area contributed by atoms with Gasteiger partial charge in [-0.1, -0.05) is 15.9 Å². The Morgan fingerprint density at radius 1 is 1.39 bits per heavy atom. The van der Waals surface area contributed by atoms with E-state index in [4.69, 9.17) is 11.0 Å². The van der Waals surface area contributed by atoms with Crippen molar-refractivity contribution in [3.05, 3.63) is 46.3 Å². The second kappa shape index (κ2) is 5.02. The monoisotopic (exact) mass is 306 g/mol. The lowest BCUT2D eigenvalue weighted by molar-refractivity contribution is 0.631. The molecule has 2 rings (SSSR count). The Morgan fingerprint density at radius 3 is 2.89 bits per heavy atom. The fourth-order valence-corrected chi connectivity index (χ4v) is 1.75. The van der Waals surface area contributed by atoms with E-state index < -0.39 is 5.82 Å². The molecule has 0 bridgehead atoms. The zero-order chi connectivity index (χ0) is 13.1. The highest BCUT2D eigenvalue weighted by Crippen LogP contribution is 2.25. The summed E-state index contributed by atoms with van der Waals surface area (Å²) >= 11 is 3.24. The molecule has 0 saturated heterocycles. The Labute approximate surface area is 111 Å². The molecule has 0 radical (unpaired) electrons. The molecule has 1 heterocycles. The van der Waals surface area contributed by atoms with Crippen LogP contribution in [0.5, 0.6) is 0 Å². The number of nitriles is 1. The molecule has 0 atom stereocenters. The molecule has 18 heavy (non-hydrogen) atoms. The highest BCUT2D eigenvalue weighted by molar-refractivity contribution is 9.10. The summed E-state index contributed by atoms with van der Waals surface area (Å²) in [6.45, 7) is 0. The number of rotatable bonds is 2.